The summed E-state index contributed by atoms with van der Waals surface area (Å²) in [6.07, 6.45) is 1.26. The second-order valence-electron chi connectivity index (χ2n) is 9.24. The first-order valence-electron chi connectivity index (χ1n) is 11.4. The molecule has 0 N–H and O–H groups in total. The molecule has 8 heteroatoms. The summed E-state index contributed by atoms with van der Waals surface area (Å²) in [7, 11) is -3.45. The lowest BCUT2D eigenvalue weighted by atomic mass is 10.2. The van der Waals surface area contributed by atoms with Gasteiger partial charge >= 0.3 is 18.2 Å². The Kier molecular flexibility index (Phi) is 10.4. The molecule has 2 rings (SSSR count). The Hall–Kier alpha value is -2.79. The van der Waals surface area contributed by atoms with Crippen molar-refractivity contribution >= 4 is 38.5 Å². The van der Waals surface area contributed by atoms with Gasteiger partial charge in [0, 0.05) is 6.42 Å². The Morgan fingerprint density at radius 1 is 0.714 bits per heavy atom. The van der Waals surface area contributed by atoms with E-state index in [1.54, 1.807) is 24.3 Å². The van der Waals surface area contributed by atoms with Crippen LogP contribution < -0.4 is 10.4 Å². The summed E-state index contributed by atoms with van der Waals surface area (Å²) in [6, 6.07) is 14.3. The largest absolute Gasteiger partial charge is 0.373 e. The molecule has 186 valence electrons. The van der Waals surface area contributed by atoms with E-state index in [0.29, 0.717) is 24.0 Å². The van der Waals surface area contributed by atoms with E-state index in [1.807, 2.05) is 35.7 Å². The van der Waals surface area contributed by atoms with Crippen LogP contribution in [-0.2, 0) is 19.6 Å². The van der Waals surface area contributed by atoms with Crippen molar-refractivity contribution < 1.29 is 29.1 Å². The van der Waals surface area contributed by atoms with Gasteiger partial charge in [-0.1, -0.05) is 85.6 Å². The molecular formula is C27H34O6Si2. The number of rotatable bonds is 13. The van der Waals surface area contributed by atoms with Crippen LogP contribution in [0.3, 0.4) is 0 Å². The average Bonchev–Trinajstić information content (AvgIpc) is 2.87. The van der Waals surface area contributed by atoms with Crippen LogP contribution in [0.5, 0.6) is 0 Å². The predicted molar refractivity (Wildman–Crippen MR) is 143 cm³/mol. The standard InChI is InChI=1S/C27H34O6Si2/c1-8-11-12-25(30-32-26(28)21-13-17-23(18-14-21)34(4,5)9-2)31-33-27(29)22-15-19-24(20-16-22)35(6,7)10-3/h9-10,13-20H,1-3,8,11-12H2,4-7H3. The molecule has 0 spiro atoms. The SMILES string of the molecule is [CH2]CCC[C](OOC(=O)c1ccc([Si](C)(C)C=C)cc1)OOC(=O)c1ccc([Si](C)(C)C=C)cc1. The third-order valence-electron chi connectivity index (χ3n) is 5.80. The highest BCUT2D eigenvalue weighted by molar-refractivity contribution is 6.94. The van der Waals surface area contributed by atoms with Crippen LogP contribution in [0, 0.1) is 13.2 Å². The number of carbonyl (C=O) groups is 2. The zero-order valence-corrected chi connectivity index (χ0v) is 23.0. The van der Waals surface area contributed by atoms with E-state index in [-0.39, 0.29) is 12.7 Å². The van der Waals surface area contributed by atoms with E-state index >= 15 is 0 Å². The number of benzene rings is 2. The lowest BCUT2D eigenvalue weighted by molar-refractivity contribution is -0.363. The van der Waals surface area contributed by atoms with E-state index in [1.165, 1.54) is 0 Å². The van der Waals surface area contributed by atoms with Crippen LogP contribution in [0.15, 0.2) is 73.1 Å². The van der Waals surface area contributed by atoms with Gasteiger partial charge < -0.3 is 0 Å². The Labute approximate surface area is 210 Å². The molecule has 2 aromatic rings. The minimum Gasteiger partial charge on any atom is -0.289 e. The minimum atomic E-state index is -1.73. The second kappa shape index (κ2) is 12.8. The molecule has 0 amide bonds. The Morgan fingerprint density at radius 3 is 1.40 bits per heavy atom. The molecule has 0 unspecified atom stereocenters. The Bertz CT molecular complexity index is 933. The molecule has 0 aliphatic carbocycles. The van der Waals surface area contributed by atoms with Crippen molar-refractivity contribution in [3.05, 3.63) is 97.4 Å². The van der Waals surface area contributed by atoms with Crippen LogP contribution >= 0.6 is 0 Å². The third-order valence-corrected chi connectivity index (χ3v) is 11.5. The number of unbranched alkanes of at least 4 members (excludes halogenated alkanes) is 1. The van der Waals surface area contributed by atoms with Crippen molar-refractivity contribution in [1.29, 1.82) is 0 Å². The summed E-state index contributed by atoms with van der Waals surface area (Å²) >= 11 is 0. The van der Waals surface area contributed by atoms with E-state index in [4.69, 9.17) is 19.6 Å². The number of hydrogen-bond acceptors (Lipinski definition) is 6. The van der Waals surface area contributed by atoms with Gasteiger partial charge in [0.1, 0.15) is 16.1 Å². The van der Waals surface area contributed by atoms with Gasteiger partial charge in [-0.05, 0) is 30.7 Å². The number of hydrogen-bond donors (Lipinski definition) is 0. The maximum Gasteiger partial charge on any atom is 0.373 e. The molecule has 2 aromatic carbocycles. The zero-order valence-electron chi connectivity index (χ0n) is 21.0. The Morgan fingerprint density at radius 2 is 1.09 bits per heavy atom. The normalized spacial score (nSPS) is 11.7. The Balaban J connectivity index is 1.95. The van der Waals surface area contributed by atoms with E-state index in [9.17, 15) is 9.59 Å². The molecule has 0 atom stereocenters. The molecule has 0 aliphatic rings. The molecule has 6 nitrogen and oxygen atoms in total. The van der Waals surface area contributed by atoms with Crippen molar-refractivity contribution in [1.82, 2.24) is 0 Å². The van der Waals surface area contributed by atoms with Crippen molar-refractivity contribution in [2.45, 2.75) is 45.5 Å². The molecule has 35 heavy (non-hydrogen) atoms. The second-order valence-corrected chi connectivity index (χ2v) is 18.1. The van der Waals surface area contributed by atoms with Gasteiger partial charge in [-0.2, -0.15) is 0 Å². The molecule has 0 aliphatic heterocycles. The van der Waals surface area contributed by atoms with Crippen molar-refractivity contribution in [2.24, 2.45) is 0 Å². The summed E-state index contributed by atoms with van der Waals surface area (Å²) in [6.45, 7) is 20.2. The molecule has 0 aromatic heterocycles. The van der Waals surface area contributed by atoms with Crippen molar-refractivity contribution in [2.75, 3.05) is 0 Å². The van der Waals surface area contributed by atoms with Gasteiger partial charge in [0.25, 0.3) is 0 Å². The van der Waals surface area contributed by atoms with Crippen LogP contribution in [0.1, 0.15) is 40.0 Å². The van der Waals surface area contributed by atoms with Gasteiger partial charge in [0.05, 0.1) is 11.1 Å². The van der Waals surface area contributed by atoms with Gasteiger partial charge in [0.2, 0.25) is 0 Å². The van der Waals surface area contributed by atoms with Crippen LogP contribution in [0.25, 0.3) is 0 Å². The zero-order chi connectivity index (χ0) is 26.1. The van der Waals surface area contributed by atoms with Crippen molar-refractivity contribution in [3.63, 3.8) is 0 Å². The van der Waals surface area contributed by atoms with Gasteiger partial charge in [-0.25, -0.2) is 9.59 Å². The topological polar surface area (TPSA) is 71.1 Å². The van der Waals surface area contributed by atoms with E-state index < -0.39 is 28.1 Å². The predicted octanol–water partition coefficient (Wildman–Crippen LogP) is 5.34. The highest BCUT2D eigenvalue weighted by Crippen LogP contribution is 2.18. The average molecular weight is 511 g/mol. The highest BCUT2D eigenvalue weighted by Gasteiger charge is 2.23. The van der Waals surface area contributed by atoms with Gasteiger partial charge in [-0.15, -0.1) is 22.9 Å². The summed E-state index contributed by atoms with van der Waals surface area (Å²) in [5.41, 5.74) is 4.60. The fourth-order valence-corrected chi connectivity index (χ4v) is 5.46. The molecule has 2 radical (unpaired) electrons. The van der Waals surface area contributed by atoms with Gasteiger partial charge in [-0.3, -0.25) is 9.78 Å². The monoisotopic (exact) mass is 510 g/mol. The fourth-order valence-electron chi connectivity index (χ4n) is 2.94. The molecule has 0 heterocycles. The van der Waals surface area contributed by atoms with Crippen LogP contribution in [0.2, 0.25) is 26.2 Å². The van der Waals surface area contributed by atoms with E-state index in [2.05, 4.69) is 46.3 Å². The third kappa shape index (κ3) is 8.14. The highest BCUT2D eigenvalue weighted by atomic mass is 28.3. The lowest BCUT2D eigenvalue weighted by Crippen LogP contribution is -2.39. The lowest BCUT2D eigenvalue weighted by Gasteiger charge is -2.18. The smallest absolute Gasteiger partial charge is 0.289 e. The maximum absolute atomic E-state index is 12.4. The summed E-state index contributed by atoms with van der Waals surface area (Å²) in [5, 5.41) is 2.29. The van der Waals surface area contributed by atoms with Gasteiger partial charge in [0.15, 0.2) is 0 Å². The van der Waals surface area contributed by atoms with Crippen LogP contribution in [0.4, 0.5) is 0 Å². The summed E-state index contributed by atoms with van der Waals surface area (Å²) < 4.78 is 0. The quantitative estimate of drug-likeness (QED) is 0.206. The minimum absolute atomic E-state index is 0.149. The first-order chi connectivity index (χ1) is 16.5. The molecule has 0 bridgehead atoms. The fraction of sp³-hybridized carbons (Fsp3) is 0.259. The van der Waals surface area contributed by atoms with Crippen LogP contribution in [-0.4, -0.2) is 28.1 Å². The molecule has 0 fully saturated rings. The molecule has 0 saturated carbocycles. The molecule has 0 saturated heterocycles. The first kappa shape index (κ1) is 28.5. The first-order valence-corrected chi connectivity index (χ1v) is 17.6. The maximum atomic E-state index is 12.4. The summed E-state index contributed by atoms with van der Waals surface area (Å²) in [4.78, 5) is 44.8. The van der Waals surface area contributed by atoms with Crippen molar-refractivity contribution in [3.8, 4) is 0 Å². The summed E-state index contributed by atoms with van der Waals surface area (Å²) in [5.74, 6) is -1.39. The van der Waals surface area contributed by atoms with E-state index in [0.717, 1.165) is 10.4 Å². The molecular weight excluding hydrogens is 476 g/mol. The number of carbonyl (C=O) groups excluding carboxylic acids is 2.